The fourth-order valence-electron chi connectivity index (χ4n) is 2.10. The second kappa shape index (κ2) is 7.09. The molecule has 0 amide bonds. The summed E-state index contributed by atoms with van der Waals surface area (Å²) in [7, 11) is 0. The molecular formula is C18H18ClNO. The number of halogens is 1. The first kappa shape index (κ1) is 15.3. The number of benzene rings is 2. The molecule has 0 bridgehead atoms. The van der Waals surface area contributed by atoms with Crippen molar-refractivity contribution in [3.8, 4) is 0 Å². The molecule has 0 saturated carbocycles. The summed E-state index contributed by atoms with van der Waals surface area (Å²) in [6.45, 7) is 3.96. The summed E-state index contributed by atoms with van der Waals surface area (Å²) < 4.78 is 0. The van der Waals surface area contributed by atoms with Crippen LogP contribution in [0.2, 0.25) is 5.02 Å². The largest absolute Gasteiger partial charge is 0.382 e. The van der Waals surface area contributed by atoms with Crippen LogP contribution in [-0.2, 0) is 0 Å². The summed E-state index contributed by atoms with van der Waals surface area (Å²) in [5.41, 5.74) is 2.66. The van der Waals surface area contributed by atoms with Crippen molar-refractivity contribution < 1.29 is 4.79 Å². The molecule has 0 spiro atoms. The number of rotatable bonds is 5. The van der Waals surface area contributed by atoms with Crippen molar-refractivity contribution in [2.45, 2.75) is 19.9 Å². The molecule has 0 fully saturated rings. The van der Waals surface area contributed by atoms with E-state index in [4.69, 9.17) is 11.6 Å². The number of allylic oxidation sites excluding steroid dienone is 2. The minimum absolute atomic E-state index is 0.0306. The highest BCUT2D eigenvalue weighted by Gasteiger charge is 2.06. The Hall–Kier alpha value is -2.06. The minimum atomic E-state index is -0.0306. The van der Waals surface area contributed by atoms with Crippen LogP contribution < -0.4 is 5.32 Å². The number of hydrogen-bond acceptors (Lipinski definition) is 2. The Morgan fingerprint density at radius 2 is 1.71 bits per heavy atom. The fourth-order valence-corrected chi connectivity index (χ4v) is 2.23. The maximum Gasteiger partial charge on any atom is 0.187 e. The molecule has 1 atom stereocenters. The topological polar surface area (TPSA) is 29.1 Å². The number of hydrogen-bond donors (Lipinski definition) is 1. The Morgan fingerprint density at radius 3 is 2.33 bits per heavy atom. The van der Waals surface area contributed by atoms with Crippen molar-refractivity contribution in [3.05, 3.63) is 82.5 Å². The number of ketones is 1. The van der Waals surface area contributed by atoms with Crippen molar-refractivity contribution in [2.24, 2.45) is 0 Å². The molecule has 0 aliphatic carbocycles. The van der Waals surface area contributed by atoms with E-state index in [0.717, 1.165) is 5.70 Å². The van der Waals surface area contributed by atoms with Crippen LogP contribution in [0.5, 0.6) is 0 Å². The van der Waals surface area contributed by atoms with Gasteiger partial charge in [0.2, 0.25) is 0 Å². The molecule has 3 heteroatoms. The second-order valence-corrected chi connectivity index (χ2v) is 5.41. The van der Waals surface area contributed by atoms with Gasteiger partial charge in [0.15, 0.2) is 5.78 Å². The summed E-state index contributed by atoms with van der Waals surface area (Å²) in [5, 5.41) is 3.95. The van der Waals surface area contributed by atoms with E-state index in [1.165, 1.54) is 5.56 Å². The molecule has 0 aliphatic heterocycles. The lowest BCUT2D eigenvalue weighted by Gasteiger charge is -2.15. The van der Waals surface area contributed by atoms with E-state index in [9.17, 15) is 4.79 Å². The van der Waals surface area contributed by atoms with Gasteiger partial charge in [0, 0.05) is 28.4 Å². The summed E-state index contributed by atoms with van der Waals surface area (Å²) >= 11 is 5.82. The Balaban J connectivity index is 2.04. The molecule has 2 rings (SSSR count). The van der Waals surface area contributed by atoms with Gasteiger partial charge in [-0.2, -0.15) is 0 Å². The highest BCUT2D eigenvalue weighted by atomic mass is 35.5. The van der Waals surface area contributed by atoms with Crippen molar-refractivity contribution >= 4 is 17.4 Å². The van der Waals surface area contributed by atoms with E-state index in [2.05, 4.69) is 24.4 Å². The van der Waals surface area contributed by atoms with Gasteiger partial charge in [-0.25, -0.2) is 0 Å². The molecule has 1 N–H and O–H groups in total. The molecule has 0 radical (unpaired) electrons. The average Bonchev–Trinajstić information content (AvgIpc) is 2.48. The molecule has 108 valence electrons. The molecule has 2 nitrogen and oxygen atoms in total. The maximum absolute atomic E-state index is 12.1. The van der Waals surface area contributed by atoms with Gasteiger partial charge >= 0.3 is 0 Å². The first-order valence-electron chi connectivity index (χ1n) is 6.86. The molecule has 2 aromatic carbocycles. The highest BCUT2D eigenvalue weighted by molar-refractivity contribution is 6.30. The SMILES string of the molecule is C/C(=C\C(=O)c1ccc(Cl)cc1)N[C@@H](C)c1ccccc1. The lowest BCUT2D eigenvalue weighted by Crippen LogP contribution is -2.17. The van der Waals surface area contributed by atoms with Crippen LogP contribution in [0, 0.1) is 0 Å². The highest BCUT2D eigenvalue weighted by Crippen LogP contribution is 2.14. The van der Waals surface area contributed by atoms with Gasteiger partial charge in [-0.3, -0.25) is 4.79 Å². The molecule has 0 aliphatic rings. The van der Waals surface area contributed by atoms with Crippen LogP contribution in [-0.4, -0.2) is 5.78 Å². The molecular weight excluding hydrogens is 282 g/mol. The Kier molecular flexibility index (Phi) is 5.18. The molecule has 21 heavy (non-hydrogen) atoms. The third-order valence-corrected chi connectivity index (χ3v) is 3.47. The van der Waals surface area contributed by atoms with Crippen molar-refractivity contribution in [3.63, 3.8) is 0 Å². The maximum atomic E-state index is 12.1. The molecule has 0 heterocycles. The molecule has 2 aromatic rings. The van der Waals surface area contributed by atoms with E-state index in [1.54, 1.807) is 30.3 Å². The monoisotopic (exact) mass is 299 g/mol. The van der Waals surface area contributed by atoms with Crippen LogP contribution in [0.4, 0.5) is 0 Å². The minimum Gasteiger partial charge on any atom is -0.382 e. The second-order valence-electron chi connectivity index (χ2n) is 4.98. The van der Waals surface area contributed by atoms with Crippen molar-refractivity contribution in [1.29, 1.82) is 0 Å². The quantitative estimate of drug-likeness (QED) is 0.636. The summed E-state index contributed by atoms with van der Waals surface area (Å²) in [5.74, 6) is -0.0306. The van der Waals surface area contributed by atoms with Crippen LogP contribution >= 0.6 is 11.6 Å². The van der Waals surface area contributed by atoms with E-state index in [-0.39, 0.29) is 11.8 Å². The van der Waals surface area contributed by atoms with E-state index >= 15 is 0 Å². The van der Waals surface area contributed by atoms with Gasteiger partial charge < -0.3 is 5.32 Å². The Bertz CT molecular complexity index is 632. The van der Waals surface area contributed by atoms with Gasteiger partial charge in [0.25, 0.3) is 0 Å². The average molecular weight is 300 g/mol. The van der Waals surface area contributed by atoms with Crippen LogP contribution in [0.1, 0.15) is 35.8 Å². The zero-order valence-electron chi connectivity index (χ0n) is 12.1. The Labute approximate surface area is 130 Å². The van der Waals surface area contributed by atoms with Crippen LogP contribution in [0.15, 0.2) is 66.4 Å². The van der Waals surface area contributed by atoms with Gasteiger partial charge in [0.05, 0.1) is 0 Å². The first-order valence-corrected chi connectivity index (χ1v) is 7.24. The summed E-state index contributed by atoms with van der Waals surface area (Å²) in [4.78, 5) is 12.1. The lowest BCUT2D eigenvalue weighted by atomic mass is 10.1. The van der Waals surface area contributed by atoms with Gasteiger partial charge in [-0.1, -0.05) is 41.9 Å². The predicted molar refractivity (Wildman–Crippen MR) is 87.5 cm³/mol. The van der Waals surface area contributed by atoms with Crippen LogP contribution in [0.3, 0.4) is 0 Å². The van der Waals surface area contributed by atoms with Crippen LogP contribution in [0.25, 0.3) is 0 Å². The van der Waals surface area contributed by atoms with E-state index in [1.807, 2.05) is 25.1 Å². The first-order chi connectivity index (χ1) is 10.1. The standard InChI is InChI=1S/C18H18ClNO/c1-13(20-14(2)15-6-4-3-5-7-15)12-18(21)16-8-10-17(19)11-9-16/h3-12,14,20H,1-2H3/b13-12+/t14-/m0/s1. The summed E-state index contributed by atoms with van der Waals surface area (Å²) in [6.07, 6.45) is 1.61. The number of carbonyl (C=O) groups is 1. The smallest absolute Gasteiger partial charge is 0.187 e. The van der Waals surface area contributed by atoms with E-state index in [0.29, 0.717) is 10.6 Å². The molecule has 0 aromatic heterocycles. The molecule has 0 unspecified atom stereocenters. The predicted octanol–water partition coefficient (Wildman–Crippen LogP) is 4.78. The third kappa shape index (κ3) is 4.47. The third-order valence-electron chi connectivity index (χ3n) is 3.22. The van der Waals surface area contributed by atoms with E-state index < -0.39 is 0 Å². The zero-order chi connectivity index (χ0) is 15.2. The van der Waals surface area contributed by atoms with Gasteiger partial charge in [0.1, 0.15) is 0 Å². The summed E-state index contributed by atoms with van der Waals surface area (Å²) in [6, 6.07) is 17.2. The van der Waals surface area contributed by atoms with Gasteiger partial charge in [-0.15, -0.1) is 0 Å². The normalized spacial score (nSPS) is 12.8. The lowest BCUT2D eigenvalue weighted by molar-refractivity contribution is 0.104. The van der Waals surface area contributed by atoms with Crippen molar-refractivity contribution in [2.75, 3.05) is 0 Å². The Morgan fingerprint density at radius 1 is 1.10 bits per heavy atom. The van der Waals surface area contributed by atoms with Gasteiger partial charge in [-0.05, 0) is 43.7 Å². The zero-order valence-corrected chi connectivity index (χ0v) is 12.9. The number of nitrogens with one attached hydrogen (secondary N) is 1. The van der Waals surface area contributed by atoms with Crippen molar-refractivity contribution in [1.82, 2.24) is 5.32 Å². The molecule has 0 saturated heterocycles. The number of carbonyl (C=O) groups excluding carboxylic acids is 1. The fraction of sp³-hybridized carbons (Fsp3) is 0.167.